The minimum Gasteiger partial charge on any atom is -0.308 e. The molecule has 1 heteroatoms. The number of hydrogen-bond donors (Lipinski definition) is 1. The molecule has 0 saturated heterocycles. The van der Waals surface area contributed by atoms with E-state index in [1.807, 2.05) is 0 Å². The van der Waals surface area contributed by atoms with E-state index in [0.29, 0.717) is 0 Å². The molecule has 0 aliphatic carbocycles. The van der Waals surface area contributed by atoms with Crippen LogP contribution in [0.25, 0.3) is 0 Å². The largest absolute Gasteiger partial charge is 0.308 e. The third-order valence-electron chi connectivity index (χ3n) is 1.06. The van der Waals surface area contributed by atoms with Gasteiger partial charge in [-0.15, -0.1) is 0 Å². The third-order valence-corrected chi connectivity index (χ3v) is 1.06. The summed E-state index contributed by atoms with van der Waals surface area (Å²) in [7, 11) is 0. The second-order valence-corrected chi connectivity index (χ2v) is 1.91. The van der Waals surface area contributed by atoms with Gasteiger partial charge in [-0.3, -0.25) is 0 Å². The van der Waals surface area contributed by atoms with Crippen molar-refractivity contribution in [1.82, 2.24) is 0 Å². The summed E-state index contributed by atoms with van der Waals surface area (Å²) in [5.41, 5.74) is 0.937. The highest BCUT2D eigenvalue weighted by molar-refractivity contribution is 5.74. The Balaban J connectivity index is 3.11. The van der Waals surface area contributed by atoms with Crippen molar-refractivity contribution in [1.29, 1.82) is 5.41 Å². The fraction of sp³-hybridized carbons (Fsp3) is 0.571. The zero-order valence-corrected chi connectivity index (χ0v) is 5.41. The summed E-state index contributed by atoms with van der Waals surface area (Å²) in [5.74, 6) is 0. The lowest BCUT2D eigenvalue weighted by Gasteiger charge is -1.92. The van der Waals surface area contributed by atoms with Gasteiger partial charge >= 0.3 is 0 Å². The van der Waals surface area contributed by atoms with Gasteiger partial charge in [-0.1, -0.05) is 19.9 Å². The molecule has 0 aromatic heterocycles. The molecule has 1 N–H and O–H groups in total. The van der Waals surface area contributed by atoms with E-state index in [4.69, 9.17) is 5.41 Å². The van der Waals surface area contributed by atoms with Crippen LogP contribution in [0.2, 0.25) is 0 Å². The van der Waals surface area contributed by atoms with Crippen LogP contribution in [-0.2, 0) is 0 Å². The molecule has 8 heavy (non-hydrogen) atoms. The molecule has 0 aromatic rings. The maximum atomic E-state index is 6.76. The highest BCUT2D eigenvalue weighted by Gasteiger charge is 1.85. The van der Waals surface area contributed by atoms with Gasteiger partial charge < -0.3 is 5.41 Å². The summed E-state index contributed by atoms with van der Waals surface area (Å²) in [5, 5.41) is 6.76. The highest BCUT2D eigenvalue weighted by atomic mass is 14.3. The molecule has 0 unspecified atom stereocenters. The molecule has 1 nitrogen and oxygen atoms in total. The van der Waals surface area contributed by atoms with E-state index in [-0.39, 0.29) is 0 Å². The van der Waals surface area contributed by atoms with Crippen LogP contribution in [0.4, 0.5) is 0 Å². The van der Waals surface area contributed by atoms with E-state index in [0.717, 1.165) is 18.4 Å². The normalized spacial score (nSPS) is 8.62. The van der Waals surface area contributed by atoms with E-state index >= 15 is 0 Å². The van der Waals surface area contributed by atoms with Gasteiger partial charge in [0.2, 0.25) is 0 Å². The summed E-state index contributed by atoms with van der Waals surface area (Å²) in [4.78, 5) is 0. The first-order valence-electron chi connectivity index (χ1n) is 2.99. The van der Waals surface area contributed by atoms with Crippen LogP contribution >= 0.6 is 0 Å². The van der Waals surface area contributed by atoms with Gasteiger partial charge in [-0.25, -0.2) is 0 Å². The van der Waals surface area contributed by atoms with E-state index < -0.39 is 0 Å². The standard InChI is InChI=1S/C7H13N/c1-3-4-5-7(2)6-8/h6,8H,2-5H2,1H3. The molecule has 0 saturated carbocycles. The van der Waals surface area contributed by atoms with Gasteiger partial charge in [0.15, 0.2) is 0 Å². The van der Waals surface area contributed by atoms with Crippen molar-refractivity contribution in [3.63, 3.8) is 0 Å². The second-order valence-electron chi connectivity index (χ2n) is 1.91. The van der Waals surface area contributed by atoms with Crippen molar-refractivity contribution >= 4 is 6.21 Å². The first-order valence-corrected chi connectivity index (χ1v) is 2.99. The summed E-state index contributed by atoms with van der Waals surface area (Å²) in [6, 6.07) is 0. The van der Waals surface area contributed by atoms with Gasteiger partial charge in [0, 0.05) is 6.21 Å². The number of allylic oxidation sites excluding steroid dienone is 1. The number of unbranched alkanes of at least 4 members (excludes halogenated alkanes) is 1. The van der Waals surface area contributed by atoms with Gasteiger partial charge in [-0.2, -0.15) is 0 Å². The number of rotatable bonds is 4. The Morgan fingerprint density at radius 3 is 2.75 bits per heavy atom. The highest BCUT2D eigenvalue weighted by Crippen LogP contribution is 2.00. The van der Waals surface area contributed by atoms with Crippen LogP contribution in [0, 0.1) is 5.41 Å². The molecule has 0 aliphatic rings. The lowest BCUT2D eigenvalue weighted by Crippen LogP contribution is -1.79. The molecule has 0 atom stereocenters. The quantitative estimate of drug-likeness (QED) is 0.538. The van der Waals surface area contributed by atoms with Crippen LogP contribution in [-0.4, -0.2) is 6.21 Å². The number of hydrogen-bond acceptors (Lipinski definition) is 1. The average molecular weight is 111 g/mol. The summed E-state index contributed by atoms with van der Waals surface area (Å²) in [6.45, 7) is 5.80. The molecule has 0 fully saturated rings. The SMILES string of the molecule is C=C(C=N)CCCC. The zero-order valence-electron chi connectivity index (χ0n) is 5.41. The van der Waals surface area contributed by atoms with Gasteiger partial charge in [-0.05, 0) is 18.4 Å². The molecule has 0 rings (SSSR count). The molecule has 0 radical (unpaired) electrons. The van der Waals surface area contributed by atoms with Crippen LogP contribution in [0.15, 0.2) is 12.2 Å². The Hall–Kier alpha value is -0.590. The van der Waals surface area contributed by atoms with Crippen molar-refractivity contribution in [3.8, 4) is 0 Å². The molecule has 0 heterocycles. The van der Waals surface area contributed by atoms with Crippen LogP contribution in [0.1, 0.15) is 26.2 Å². The lowest BCUT2D eigenvalue weighted by molar-refractivity contribution is 0.805. The molecule has 0 spiro atoms. The van der Waals surface area contributed by atoms with Gasteiger partial charge in [0.1, 0.15) is 0 Å². The maximum absolute atomic E-state index is 6.76. The molecular weight excluding hydrogens is 98.1 g/mol. The Bertz CT molecular complexity index is 84.4. The summed E-state index contributed by atoms with van der Waals surface area (Å²) >= 11 is 0. The fourth-order valence-electron chi connectivity index (χ4n) is 0.476. The molecular formula is C7H13N. The second kappa shape index (κ2) is 4.57. The molecule has 0 aliphatic heterocycles. The van der Waals surface area contributed by atoms with Crippen LogP contribution in [0.5, 0.6) is 0 Å². The first kappa shape index (κ1) is 7.41. The predicted molar refractivity (Wildman–Crippen MR) is 37.4 cm³/mol. The van der Waals surface area contributed by atoms with Gasteiger partial charge in [0.05, 0.1) is 0 Å². The predicted octanol–water partition coefficient (Wildman–Crippen LogP) is 2.38. The topological polar surface area (TPSA) is 23.9 Å². The smallest absolute Gasteiger partial charge is 0.0203 e. The van der Waals surface area contributed by atoms with E-state index in [1.165, 1.54) is 12.6 Å². The average Bonchev–Trinajstić information content (AvgIpc) is 1.83. The van der Waals surface area contributed by atoms with E-state index in [9.17, 15) is 0 Å². The minimum atomic E-state index is 0.937. The Kier molecular flexibility index (Phi) is 4.23. The van der Waals surface area contributed by atoms with Gasteiger partial charge in [0.25, 0.3) is 0 Å². The lowest BCUT2D eigenvalue weighted by atomic mass is 10.1. The monoisotopic (exact) mass is 111 g/mol. The van der Waals surface area contributed by atoms with Crippen LogP contribution < -0.4 is 0 Å². The van der Waals surface area contributed by atoms with E-state index in [1.54, 1.807) is 0 Å². The molecule has 0 aromatic carbocycles. The van der Waals surface area contributed by atoms with Crippen molar-refractivity contribution in [2.75, 3.05) is 0 Å². The Morgan fingerprint density at radius 2 is 2.38 bits per heavy atom. The minimum absolute atomic E-state index is 0.937. The van der Waals surface area contributed by atoms with Crippen LogP contribution in [0.3, 0.4) is 0 Å². The summed E-state index contributed by atoms with van der Waals surface area (Å²) < 4.78 is 0. The third kappa shape index (κ3) is 3.59. The van der Waals surface area contributed by atoms with Crippen molar-refractivity contribution in [2.24, 2.45) is 0 Å². The summed E-state index contributed by atoms with van der Waals surface area (Å²) in [6.07, 6.45) is 4.66. The van der Waals surface area contributed by atoms with E-state index in [2.05, 4.69) is 13.5 Å². The molecule has 0 amide bonds. The van der Waals surface area contributed by atoms with Crippen molar-refractivity contribution in [2.45, 2.75) is 26.2 Å². The fourth-order valence-corrected chi connectivity index (χ4v) is 0.476. The maximum Gasteiger partial charge on any atom is 0.0203 e. The zero-order chi connectivity index (χ0) is 6.41. The van der Waals surface area contributed by atoms with Crippen molar-refractivity contribution < 1.29 is 0 Å². The first-order chi connectivity index (χ1) is 3.81. The van der Waals surface area contributed by atoms with Crippen molar-refractivity contribution in [3.05, 3.63) is 12.2 Å². The Labute approximate surface area is 50.9 Å². The molecule has 46 valence electrons. The Morgan fingerprint density at radius 1 is 1.75 bits per heavy atom. The molecule has 0 bridgehead atoms. The number of nitrogens with one attached hydrogen (secondary N) is 1.